The van der Waals surface area contributed by atoms with Crippen molar-refractivity contribution in [2.45, 2.75) is 12.5 Å². The molecule has 1 aromatic carbocycles. The van der Waals surface area contributed by atoms with Crippen LogP contribution in [0.5, 0.6) is 0 Å². The van der Waals surface area contributed by atoms with Crippen LogP contribution < -0.4 is 4.90 Å². The van der Waals surface area contributed by atoms with Gasteiger partial charge in [-0.2, -0.15) is 4.98 Å². The topological polar surface area (TPSA) is 106 Å². The van der Waals surface area contributed by atoms with Crippen LogP contribution in [-0.4, -0.2) is 62.3 Å². The van der Waals surface area contributed by atoms with Gasteiger partial charge < -0.3 is 18.9 Å². The Balaban J connectivity index is 1.09. The number of carbonyl (C=O) groups excluding carboxylic acids is 1. The van der Waals surface area contributed by atoms with E-state index in [2.05, 4.69) is 67.1 Å². The van der Waals surface area contributed by atoms with Crippen LogP contribution in [0.2, 0.25) is 0 Å². The Labute approximate surface area is 208 Å². The lowest BCUT2D eigenvalue weighted by Gasteiger charge is -2.22. The summed E-state index contributed by atoms with van der Waals surface area (Å²) in [6.45, 7) is 5.63. The van der Waals surface area contributed by atoms with Gasteiger partial charge in [-0.25, -0.2) is 9.98 Å². The second kappa shape index (κ2) is 8.71. The molecule has 1 aliphatic carbocycles. The Bertz CT molecular complexity index is 1420. The number of imidazole rings is 1. The fourth-order valence-electron chi connectivity index (χ4n) is 5.24. The molecule has 0 bridgehead atoms. The first-order valence-corrected chi connectivity index (χ1v) is 11.8. The van der Waals surface area contributed by atoms with Gasteiger partial charge in [-0.05, 0) is 42.3 Å². The predicted molar refractivity (Wildman–Crippen MR) is 134 cm³/mol. The van der Waals surface area contributed by atoms with Gasteiger partial charge in [-0.15, -0.1) is 0 Å². The second-order valence-corrected chi connectivity index (χ2v) is 9.44. The summed E-state index contributed by atoms with van der Waals surface area (Å²) in [4.78, 5) is 33.6. The Hall–Kier alpha value is -4.34. The number of pyridine rings is 1. The van der Waals surface area contributed by atoms with Crippen LogP contribution in [0, 0.1) is 11.8 Å². The molecule has 0 N–H and O–H groups in total. The van der Waals surface area contributed by atoms with Crippen LogP contribution in [0.3, 0.4) is 0 Å². The zero-order valence-electron chi connectivity index (χ0n) is 20.2. The SMILES string of the molecule is C=Nc1ncn(C)c1C(=O)N(C)Cc1nc(C2C3CN(c4cccc(-c5cccnc5)c4)CC32)no1. The minimum atomic E-state index is -0.232. The largest absolute Gasteiger partial charge is 0.371 e. The number of carbonyl (C=O) groups is 1. The summed E-state index contributed by atoms with van der Waals surface area (Å²) in [5.41, 5.74) is 3.88. The molecule has 0 spiro atoms. The van der Waals surface area contributed by atoms with Gasteiger partial charge in [0.05, 0.1) is 6.33 Å². The van der Waals surface area contributed by atoms with E-state index in [0.29, 0.717) is 35.2 Å². The van der Waals surface area contributed by atoms with Gasteiger partial charge in [0.1, 0.15) is 6.54 Å². The van der Waals surface area contributed by atoms with Gasteiger partial charge in [-0.1, -0.05) is 23.4 Å². The molecule has 10 nitrogen and oxygen atoms in total. The molecule has 3 aromatic heterocycles. The number of amides is 1. The summed E-state index contributed by atoms with van der Waals surface area (Å²) in [6, 6.07) is 12.6. The monoisotopic (exact) mass is 482 g/mol. The lowest BCUT2D eigenvalue weighted by atomic mass is 10.1. The molecule has 2 unspecified atom stereocenters. The van der Waals surface area contributed by atoms with Gasteiger partial charge in [0, 0.05) is 56.7 Å². The summed E-state index contributed by atoms with van der Waals surface area (Å²) in [5.74, 6) is 2.54. The van der Waals surface area contributed by atoms with Crippen LogP contribution >= 0.6 is 0 Å². The average molecular weight is 483 g/mol. The van der Waals surface area contributed by atoms with Crippen molar-refractivity contribution in [3.63, 3.8) is 0 Å². The van der Waals surface area contributed by atoms with E-state index in [0.717, 1.165) is 24.5 Å². The van der Waals surface area contributed by atoms with Gasteiger partial charge >= 0.3 is 0 Å². The third-order valence-electron chi connectivity index (χ3n) is 7.17. The van der Waals surface area contributed by atoms with E-state index in [1.807, 2.05) is 12.3 Å². The zero-order valence-corrected chi connectivity index (χ0v) is 20.2. The first-order chi connectivity index (χ1) is 17.5. The molecule has 4 aromatic rings. The average Bonchev–Trinajstić information content (AvgIpc) is 3.31. The zero-order chi connectivity index (χ0) is 24.8. The Kier molecular flexibility index (Phi) is 5.36. The molecule has 1 saturated carbocycles. The van der Waals surface area contributed by atoms with Gasteiger partial charge in [0.25, 0.3) is 5.91 Å². The van der Waals surface area contributed by atoms with Crippen molar-refractivity contribution in [2.75, 3.05) is 25.0 Å². The minimum Gasteiger partial charge on any atom is -0.371 e. The van der Waals surface area contributed by atoms with Crippen molar-refractivity contribution < 1.29 is 9.32 Å². The lowest BCUT2D eigenvalue weighted by Crippen LogP contribution is -2.28. The molecule has 6 rings (SSSR count). The number of anilines is 1. The quantitative estimate of drug-likeness (QED) is 0.372. The highest BCUT2D eigenvalue weighted by atomic mass is 16.5. The fraction of sp³-hybridized carbons (Fsp3) is 0.308. The molecule has 10 heteroatoms. The highest BCUT2D eigenvalue weighted by molar-refractivity contribution is 5.96. The molecule has 182 valence electrons. The van der Waals surface area contributed by atoms with Crippen molar-refractivity contribution in [1.29, 1.82) is 0 Å². The van der Waals surface area contributed by atoms with Crippen LogP contribution in [0.1, 0.15) is 28.1 Å². The van der Waals surface area contributed by atoms with Crippen molar-refractivity contribution in [1.82, 2.24) is 29.6 Å². The number of aliphatic imine (C=N–C) groups is 1. The number of piperidine rings is 1. The maximum absolute atomic E-state index is 12.9. The van der Waals surface area contributed by atoms with E-state index in [1.165, 1.54) is 16.2 Å². The summed E-state index contributed by atoms with van der Waals surface area (Å²) >= 11 is 0. The number of rotatable bonds is 7. The highest BCUT2D eigenvalue weighted by Crippen LogP contribution is 2.58. The molecule has 1 amide bonds. The van der Waals surface area contributed by atoms with E-state index >= 15 is 0 Å². The van der Waals surface area contributed by atoms with Crippen LogP contribution in [-0.2, 0) is 13.6 Å². The standard InChI is InChI=1S/C26H26N8O2/c1-27-25-23(33(3)15-29-25)26(35)32(2)14-21-30-24(31-36-21)22-19-12-34(13-20(19)22)18-8-4-6-16(10-18)17-7-5-9-28-11-17/h4-11,15,19-20,22H,1,12-14H2,2-3H3. The number of nitrogens with zero attached hydrogens (tertiary/aromatic N) is 8. The highest BCUT2D eigenvalue weighted by Gasteiger charge is 2.58. The number of hydrogen-bond donors (Lipinski definition) is 0. The van der Waals surface area contributed by atoms with E-state index < -0.39 is 0 Å². The molecule has 36 heavy (non-hydrogen) atoms. The summed E-state index contributed by atoms with van der Waals surface area (Å²) < 4.78 is 7.13. The normalized spacial score (nSPS) is 20.3. The molecule has 4 heterocycles. The third kappa shape index (κ3) is 3.84. The molecule has 2 atom stereocenters. The van der Waals surface area contributed by atoms with Crippen molar-refractivity contribution >= 4 is 24.1 Å². The summed E-state index contributed by atoms with van der Waals surface area (Å²) in [6.07, 6.45) is 5.22. The van der Waals surface area contributed by atoms with Crippen molar-refractivity contribution in [2.24, 2.45) is 23.9 Å². The second-order valence-electron chi connectivity index (χ2n) is 9.44. The van der Waals surface area contributed by atoms with Crippen LogP contribution in [0.4, 0.5) is 11.5 Å². The molecule has 0 radical (unpaired) electrons. The number of benzene rings is 1. The number of hydrogen-bond acceptors (Lipinski definition) is 8. The van der Waals surface area contributed by atoms with E-state index in [-0.39, 0.29) is 12.5 Å². The number of aromatic nitrogens is 5. The molecular weight excluding hydrogens is 456 g/mol. The number of fused-ring (bicyclic) bond motifs is 1. The van der Waals surface area contributed by atoms with Gasteiger partial charge in [0.2, 0.25) is 5.89 Å². The summed E-state index contributed by atoms with van der Waals surface area (Å²) in [7, 11) is 3.44. The maximum atomic E-state index is 12.9. The molecular formula is C26H26N8O2. The molecule has 2 fully saturated rings. The van der Waals surface area contributed by atoms with E-state index in [9.17, 15) is 4.79 Å². The van der Waals surface area contributed by atoms with Gasteiger partial charge in [-0.3, -0.25) is 9.78 Å². The smallest absolute Gasteiger partial charge is 0.274 e. The van der Waals surface area contributed by atoms with Crippen LogP contribution in [0.15, 0.2) is 64.6 Å². The Morgan fingerprint density at radius 2 is 2.03 bits per heavy atom. The van der Waals surface area contributed by atoms with E-state index in [4.69, 9.17) is 4.52 Å². The van der Waals surface area contributed by atoms with Gasteiger partial charge in [0.15, 0.2) is 17.3 Å². The summed E-state index contributed by atoms with van der Waals surface area (Å²) in [5, 5.41) is 4.24. The fourth-order valence-corrected chi connectivity index (χ4v) is 5.24. The first-order valence-electron chi connectivity index (χ1n) is 11.8. The minimum absolute atomic E-state index is 0.211. The molecule has 2 aliphatic rings. The van der Waals surface area contributed by atoms with Crippen molar-refractivity contribution in [3.8, 4) is 11.1 Å². The Morgan fingerprint density at radius 1 is 1.22 bits per heavy atom. The Morgan fingerprint density at radius 3 is 2.78 bits per heavy atom. The maximum Gasteiger partial charge on any atom is 0.274 e. The van der Waals surface area contributed by atoms with Crippen molar-refractivity contribution in [3.05, 3.63) is 72.5 Å². The van der Waals surface area contributed by atoms with E-state index in [1.54, 1.807) is 31.2 Å². The number of aryl methyl sites for hydroxylation is 1. The van der Waals surface area contributed by atoms with Crippen LogP contribution in [0.25, 0.3) is 11.1 Å². The molecule has 1 aliphatic heterocycles. The first kappa shape index (κ1) is 22.1. The predicted octanol–water partition coefficient (Wildman–Crippen LogP) is 3.32. The lowest BCUT2D eigenvalue weighted by molar-refractivity contribution is 0.0761. The third-order valence-corrected chi connectivity index (χ3v) is 7.17. The molecule has 1 saturated heterocycles.